The van der Waals surface area contributed by atoms with E-state index in [2.05, 4.69) is 37.7 Å². The molecule has 14 aromatic carbocycles. The number of phenolic OH excluding ortho intramolecular Hbond substituents is 3. The minimum Gasteiger partial charge on any atom is -0.505 e. The van der Waals surface area contributed by atoms with E-state index < -0.39 is 11.8 Å². The second kappa shape index (κ2) is 25.2. The van der Waals surface area contributed by atoms with Gasteiger partial charge in [-0.1, -0.05) is 141 Å². The number of benzene rings is 14. The van der Waals surface area contributed by atoms with Gasteiger partial charge in [-0.2, -0.15) is 15.3 Å². The van der Waals surface area contributed by atoms with Gasteiger partial charge in [0.15, 0.2) is 11.5 Å². The Bertz CT molecular complexity index is 6110. The standard InChI is InChI=1S/C85H62N12O5/c1-4-48-16-6-11-21-67(48)89-84(101)65-45-51-27-42-63-60-19-9-14-24-70(60)87-76(63)73(51)79(82(65)99)95-92-54-31-37-57(38-32-54)97(56-35-29-53(30-36-56)91-94-78-72-50(44-47(3)81(78)98)26-41-62-59-18-8-13-23-69(59)86-75(62)72)58-39-33-55(34-40-58)93-96-80-74-52(28-43-64-61-20-10-15-25-71(61)88-77(64)74)46-66(83(80)100)85(102)90-68-22-12-7-17-49(68)5-2/h6-46,86-88,98-100H,4-5H2,1-3H3,(H,89,101)(H,90,102). The summed E-state index contributed by atoms with van der Waals surface area (Å²) in [5.41, 5.74) is 13.3. The van der Waals surface area contributed by atoms with Gasteiger partial charge in [0, 0.05) is 93.5 Å². The molecule has 17 nitrogen and oxygen atoms in total. The molecule has 0 bridgehead atoms. The zero-order valence-electron chi connectivity index (χ0n) is 55.4. The molecule has 492 valence electrons. The third-order valence-corrected chi connectivity index (χ3v) is 19.3. The molecule has 0 spiro atoms. The first-order chi connectivity index (χ1) is 49.9. The van der Waals surface area contributed by atoms with E-state index in [1.165, 1.54) is 0 Å². The topological polar surface area (TPSA) is 244 Å². The van der Waals surface area contributed by atoms with E-state index in [0.717, 1.165) is 104 Å². The quantitative estimate of drug-likeness (QED) is 0.0464. The largest absolute Gasteiger partial charge is 0.505 e. The number of nitrogens with zero attached hydrogens (tertiary/aromatic N) is 7. The third kappa shape index (κ3) is 10.8. The summed E-state index contributed by atoms with van der Waals surface area (Å²) in [6, 6.07) is 79.1. The highest BCUT2D eigenvalue weighted by molar-refractivity contribution is 6.25. The lowest BCUT2D eigenvalue weighted by atomic mass is 10.00. The molecule has 0 unspecified atom stereocenters. The van der Waals surface area contributed by atoms with Crippen LogP contribution >= 0.6 is 0 Å². The molecule has 0 fully saturated rings. The van der Waals surface area contributed by atoms with Gasteiger partial charge in [0.05, 0.1) is 44.7 Å². The van der Waals surface area contributed by atoms with E-state index >= 15 is 0 Å². The van der Waals surface area contributed by atoms with Crippen LogP contribution in [0.1, 0.15) is 51.3 Å². The molecule has 0 saturated heterocycles. The SMILES string of the molecule is CCc1ccccc1NC(=O)c1cc2ccc3c4ccccc4[nH]c3c2c(N=Nc2ccc(N(c3ccc(N=Nc4c(O)c(C)cc5ccc6c7ccccc7[nH]c6c45)cc3)c3ccc(N=Nc4c(O)c(C(=O)Nc5ccccc5CC)cc5ccc6c7ccccc7[nH]c6c45)cc3)cc2)c1O. The molecule has 3 heterocycles. The minimum atomic E-state index is -0.493. The number of hydrogen-bond donors (Lipinski definition) is 8. The fourth-order valence-corrected chi connectivity index (χ4v) is 14.2. The number of aryl methyl sites for hydroxylation is 3. The van der Waals surface area contributed by atoms with E-state index in [1.54, 1.807) is 12.1 Å². The van der Waals surface area contributed by atoms with Crippen LogP contribution < -0.4 is 15.5 Å². The van der Waals surface area contributed by atoms with Crippen molar-refractivity contribution < 1.29 is 24.9 Å². The number of aromatic nitrogens is 3. The summed E-state index contributed by atoms with van der Waals surface area (Å²) in [6.07, 6.45) is 1.39. The fraction of sp³-hybridized carbons (Fsp3) is 0.0588. The molecule has 8 N–H and O–H groups in total. The Morgan fingerprint density at radius 2 is 0.686 bits per heavy atom. The predicted molar refractivity (Wildman–Crippen MR) is 411 cm³/mol. The average Bonchev–Trinajstić information content (AvgIpc) is 1.51. The first-order valence-corrected chi connectivity index (χ1v) is 33.6. The zero-order chi connectivity index (χ0) is 69.3. The van der Waals surface area contributed by atoms with Crippen LogP contribution in [0.3, 0.4) is 0 Å². The van der Waals surface area contributed by atoms with Crippen molar-refractivity contribution in [2.45, 2.75) is 33.6 Å². The number of hydrogen-bond acceptors (Lipinski definition) is 12. The normalized spacial score (nSPS) is 12.0. The van der Waals surface area contributed by atoms with Crippen molar-refractivity contribution in [3.05, 3.63) is 277 Å². The molecular formula is C85H62N12O5. The van der Waals surface area contributed by atoms with Crippen molar-refractivity contribution in [1.82, 2.24) is 15.0 Å². The lowest BCUT2D eigenvalue weighted by Crippen LogP contribution is -2.13. The zero-order valence-corrected chi connectivity index (χ0v) is 55.4. The van der Waals surface area contributed by atoms with Gasteiger partial charge in [0.1, 0.15) is 22.8 Å². The number of anilines is 5. The number of phenols is 3. The third-order valence-electron chi connectivity index (χ3n) is 19.3. The highest BCUT2D eigenvalue weighted by Crippen LogP contribution is 2.49. The van der Waals surface area contributed by atoms with Crippen LogP contribution in [-0.2, 0) is 12.8 Å². The molecule has 0 aliphatic carbocycles. The van der Waals surface area contributed by atoms with Crippen LogP contribution in [0.4, 0.5) is 62.6 Å². The Morgan fingerprint density at radius 1 is 0.363 bits per heavy atom. The lowest BCUT2D eigenvalue weighted by molar-refractivity contribution is 0.101. The smallest absolute Gasteiger partial charge is 0.259 e. The van der Waals surface area contributed by atoms with E-state index in [1.807, 2.05) is 250 Å². The number of amides is 2. The molecule has 0 aliphatic heterocycles. The van der Waals surface area contributed by atoms with Crippen LogP contribution in [0.15, 0.2) is 279 Å². The van der Waals surface area contributed by atoms with Gasteiger partial charge in [0.25, 0.3) is 11.8 Å². The Hall–Kier alpha value is -13.8. The molecule has 3 aromatic heterocycles. The number of H-pyrrole nitrogens is 3. The second-order valence-corrected chi connectivity index (χ2v) is 25.3. The summed E-state index contributed by atoms with van der Waals surface area (Å²) < 4.78 is 0. The Kier molecular flexibility index (Phi) is 15.3. The predicted octanol–water partition coefficient (Wildman–Crippen LogP) is 23.8. The molecule has 102 heavy (non-hydrogen) atoms. The Balaban J connectivity index is 0.750. The van der Waals surface area contributed by atoms with Crippen molar-refractivity contribution in [1.29, 1.82) is 0 Å². The van der Waals surface area contributed by atoms with Gasteiger partial charge in [-0.05, 0) is 174 Å². The summed E-state index contributed by atoms with van der Waals surface area (Å²) in [5, 5.41) is 81.1. The van der Waals surface area contributed by atoms with Gasteiger partial charge in [-0.3, -0.25) is 9.59 Å². The Labute approximate surface area is 582 Å². The van der Waals surface area contributed by atoms with Crippen molar-refractivity contribution in [2.24, 2.45) is 30.7 Å². The van der Waals surface area contributed by atoms with Gasteiger partial charge >= 0.3 is 0 Å². The van der Waals surface area contributed by atoms with Gasteiger partial charge in [-0.15, -0.1) is 15.3 Å². The van der Waals surface area contributed by atoms with Crippen LogP contribution in [-0.4, -0.2) is 42.1 Å². The molecular weight excluding hydrogens is 1270 g/mol. The van der Waals surface area contributed by atoms with Crippen LogP contribution in [0, 0.1) is 6.92 Å². The molecule has 0 aliphatic rings. The molecule has 0 radical (unpaired) electrons. The fourth-order valence-electron chi connectivity index (χ4n) is 14.2. The summed E-state index contributed by atoms with van der Waals surface area (Å²) in [6.45, 7) is 5.89. The van der Waals surface area contributed by atoms with Crippen molar-refractivity contribution in [3.63, 3.8) is 0 Å². The number of nitrogens with one attached hydrogen (secondary N) is 5. The number of aromatic hydroxyl groups is 3. The van der Waals surface area contributed by atoms with E-state index in [9.17, 15) is 24.9 Å². The van der Waals surface area contributed by atoms with Crippen molar-refractivity contribution in [2.75, 3.05) is 15.5 Å². The number of aromatic amines is 3. The highest BCUT2D eigenvalue weighted by atomic mass is 16.3. The molecule has 17 aromatic rings. The van der Waals surface area contributed by atoms with E-state index in [0.29, 0.717) is 74.1 Å². The maximum Gasteiger partial charge on any atom is 0.259 e. The van der Waals surface area contributed by atoms with Gasteiger partial charge in [-0.25, -0.2) is 0 Å². The first-order valence-electron chi connectivity index (χ1n) is 33.6. The number of carbonyl (C=O) groups excluding carboxylic acids is 2. The molecule has 17 heteroatoms. The first kappa shape index (κ1) is 61.8. The van der Waals surface area contributed by atoms with Crippen molar-refractivity contribution in [3.8, 4) is 17.2 Å². The number of carbonyl (C=O) groups is 2. The van der Waals surface area contributed by atoms with Gasteiger partial charge in [0.2, 0.25) is 0 Å². The summed E-state index contributed by atoms with van der Waals surface area (Å²) >= 11 is 0. The molecule has 0 saturated carbocycles. The lowest BCUT2D eigenvalue weighted by Gasteiger charge is -2.25. The maximum atomic E-state index is 14.3. The van der Waals surface area contributed by atoms with Crippen LogP contribution in [0.25, 0.3) is 97.7 Å². The van der Waals surface area contributed by atoms with Crippen LogP contribution in [0.5, 0.6) is 17.2 Å². The van der Waals surface area contributed by atoms with Crippen molar-refractivity contribution >= 4 is 172 Å². The van der Waals surface area contributed by atoms with Gasteiger partial charge < -0.3 is 45.8 Å². The number of azo groups is 3. The minimum absolute atomic E-state index is 0.0369. The summed E-state index contributed by atoms with van der Waals surface area (Å²) in [5.74, 6) is -1.60. The summed E-state index contributed by atoms with van der Waals surface area (Å²) in [7, 11) is 0. The van der Waals surface area contributed by atoms with E-state index in [-0.39, 0.29) is 39.8 Å². The average molecular weight is 1330 g/mol. The highest BCUT2D eigenvalue weighted by Gasteiger charge is 2.26. The second-order valence-electron chi connectivity index (χ2n) is 25.3. The maximum absolute atomic E-state index is 14.3. The molecule has 17 rings (SSSR count). The van der Waals surface area contributed by atoms with Crippen LogP contribution in [0.2, 0.25) is 0 Å². The summed E-state index contributed by atoms with van der Waals surface area (Å²) in [4.78, 5) is 41.3. The Morgan fingerprint density at radius 3 is 1.05 bits per heavy atom. The monoisotopic (exact) mass is 1330 g/mol. The number of fused-ring (bicyclic) bond motifs is 15. The molecule has 2 amide bonds. The number of para-hydroxylation sites is 5. The number of rotatable bonds is 15. The van der Waals surface area contributed by atoms with E-state index in [4.69, 9.17) is 30.7 Å². The molecule has 0 atom stereocenters.